The lowest BCUT2D eigenvalue weighted by atomic mass is 9.93. The summed E-state index contributed by atoms with van der Waals surface area (Å²) >= 11 is 0. The van der Waals surface area contributed by atoms with E-state index in [1.54, 1.807) is 37.4 Å². The van der Waals surface area contributed by atoms with Gasteiger partial charge in [0.05, 0.1) is 29.8 Å². The van der Waals surface area contributed by atoms with Crippen LogP contribution in [0, 0.1) is 30.0 Å². The molecule has 4 rings (SSSR count). The SMILES string of the molecule is CCC(C)CN(C)C(=O)c1c(-c2cc(C)cc(F)c2)cnc2ccc(-c3cc(C#N)cc(OC)c3)cc12. The Balaban J connectivity index is 1.98. The van der Waals surface area contributed by atoms with E-state index in [1.807, 2.05) is 37.3 Å². The topological polar surface area (TPSA) is 66.2 Å². The molecule has 0 N–H and O–H groups in total. The number of carbonyl (C=O) groups excluding carboxylic acids is 1. The number of nitriles is 1. The molecule has 0 saturated carbocycles. The van der Waals surface area contributed by atoms with Crippen molar-refractivity contribution >= 4 is 16.8 Å². The number of hydrogen-bond donors (Lipinski definition) is 0. The Kier molecular flexibility index (Phi) is 7.54. The van der Waals surface area contributed by atoms with Crippen molar-refractivity contribution in [1.29, 1.82) is 5.26 Å². The summed E-state index contributed by atoms with van der Waals surface area (Å²) in [7, 11) is 3.36. The van der Waals surface area contributed by atoms with Gasteiger partial charge in [-0.15, -0.1) is 0 Å². The van der Waals surface area contributed by atoms with Gasteiger partial charge in [-0.2, -0.15) is 5.26 Å². The molecule has 0 aliphatic heterocycles. The summed E-state index contributed by atoms with van der Waals surface area (Å²) < 4.78 is 19.8. The molecule has 5 nitrogen and oxygen atoms in total. The molecule has 1 unspecified atom stereocenters. The fraction of sp³-hybridized carbons (Fsp3) is 0.258. The number of nitrogens with zero attached hydrogens (tertiary/aromatic N) is 3. The first-order valence-electron chi connectivity index (χ1n) is 12.3. The van der Waals surface area contributed by atoms with E-state index in [9.17, 15) is 14.4 Å². The zero-order valence-electron chi connectivity index (χ0n) is 21.8. The van der Waals surface area contributed by atoms with Crippen LogP contribution in [0.15, 0.2) is 60.8 Å². The Hall–Kier alpha value is -4.24. The first-order chi connectivity index (χ1) is 17.7. The standard InChI is InChI=1S/C31H30FN3O2/c1-6-19(2)18-35(4)31(36)30-27-15-22(23-11-21(16-33)12-26(14-23)37-5)7-8-29(27)34-17-28(30)24-9-20(3)10-25(32)13-24/h7-15,17,19H,6,18H2,1-5H3. The van der Waals surface area contributed by atoms with Crippen LogP contribution in [0.2, 0.25) is 0 Å². The van der Waals surface area contributed by atoms with Gasteiger partial charge in [0.25, 0.3) is 5.91 Å². The van der Waals surface area contributed by atoms with Crippen LogP contribution in [0.4, 0.5) is 4.39 Å². The lowest BCUT2D eigenvalue weighted by molar-refractivity contribution is 0.0777. The van der Waals surface area contributed by atoms with Crippen molar-refractivity contribution in [2.75, 3.05) is 20.7 Å². The van der Waals surface area contributed by atoms with Crippen LogP contribution in [0.3, 0.4) is 0 Å². The van der Waals surface area contributed by atoms with E-state index in [0.717, 1.165) is 23.1 Å². The Labute approximate surface area is 217 Å². The molecule has 1 heterocycles. The molecule has 0 bridgehead atoms. The highest BCUT2D eigenvalue weighted by atomic mass is 19.1. The molecule has 37 heavy (non-hydrogen) atoms. The van der Waals surface area contributed by atoms with Crippen LogP contribution >= 0.6 is 0 Å². The average Bonchev–Trinajstić information content (AvgIpc) is 2.90. The molecule has 4 aromatic rings. The predicted octanol–water partition coefficient (Wildman–Crippen LogP) is 7.01. The first-order valence-corrected chi connectivity index (χ1v) is 12.3. The van der Waals surface area contributed by atoms with Crippen molar-refractivity contribution in [1.82, 2.24) is 9.88 Å². The van der Waals surface area contributed by atoms with Gasteiger partial charge in [0.15, 0.2) is 0 Å². The minimum Gasteiger partial charge on any atom is -0.497 e. The van der Waals surface area contributed by atoms with Crippen LogP contribution in [0.1, 0.15) is 41.8 Å². The van der Waals surface area contributed by atoms with E-state index >= 15 is 0 Å². The number of hydrogen-bond acceptors (Lipinski definition) is 4. The second-order valence-electron chi connectivity index (χ2n) is 9.56. The summed E-state index contributed by atoms with van der Waals surface area (Å²) in [6, 6.07) is 17.9. The van der Waals surface area contributed by atoms with Crippen molar-refractivity contribution in [3.05, 3.63) is 83.3 Å². The molecule has 6 heteroatoms. The number of halogens is 1. The largest absolute Gasteiger partial charge is 0.497 e. The number of benzene rings is 3. The maximum absolute atomic E-state index is 14.4. The number of carbonyl (C=O) groups is 1. The third-order valence-corrected chi connectivity index (χ3v) is 6.67. The van der Waals surface area contributed by atoms with Crippen molar-refractivity contribution in [3.8, 4) is 34.1 Å². The summed E-state index contributed by atoms with van der Waals surface area (Å²) in [4.78, 5) is 20.3. The van der Waals surface area contributed by atoms with Crippen LogP contribution in [-0.4, -0.2) is 36.5 Å². The molecule has 0 aliphatic carbocycles. The summed E-state index contributed by atoms with van der Waals surface area (Å²) in [6.07, 6.45) is 2.60. The van der Waals surface area contributed by atoms with Crippen LogP contribution < -0.4 is 4.74 Å². The number of pyridine rings is 1. The zero-order valence-corrected chi connectivity index (χ0v) is 21.8. The number of ether oxygens (including phenoxy) is 1. The number of amides is 1. The molecule has 188 valence electrons. The van der Waals surface area contributed by atoms with Gasteiger partial charge >= 0.3 is 0 Å². The third-order valence-electron chi connectivity index (χ3n) is 6.67. The van der Waals surface area contributed by atoms with Gasteiger partial charge in [0, 0.05) is 30.7 Å². The second-order valence-corrected chi connectivity index (χ2v) is 9.56. The molecular weight excluding hydrogens is 465 g/mol. The maximum Gasteiger partial charge on any atom is 0.254 e. The number of methoxy groups -OCH3 is 1. The number of aryl methyl sites for hydroxylation is 1. The summed E-state index contributed by atoms with van der Waals surface area (Å²) in [5, 5.41) is 10.1. The number of fused-ring (bicyclic) bond motifs is 1. The molecule has 0 spiro atoms. The average molecular weight is 496 g/mol. The Morgan fingerprint density at radius 2 is 1.89 bits per heavy atom. The van der Waals surface area contributed by atoms with Gasteiger partial charge in [-0.25, -0.2) is 4.39 Å². The minimum atomic E-state index is -0.365. The Bertz CT molecular complexity index is 1500. The second kappa shape index (κ2) is 10.8. The van der Waals surface area contributed by atoms with Crippen molar-refractivity contribution in [2.45, 2.75) is 27.2 Å². The van der Waals surface area contributed by atoms with Gasteiger partial charge < -0.3 is 9.64 Å². The quantitative estimate of drug-likeness (QED) is 0.276. The fourth-order valence-electron chi connectivity index (χ4n) is 4.53. The van der Waals surface area contributed by atoms with Crippen LogP contribution in [0.5, 0.6) is 5.75 Å². The smallest absolute Gasteiger partial charge is 0.254 e. The van der Waals surface area contributed by atoms with Gasteiger partial charge in [0.1, 0.15) is 11.6 Å². The van der Waals surface area contributed by atoms with E-state index in [4.69, 9.17) is 4.74 Å². The highest BCUT2D eigenvalue weighted by molar-refractivity contribution is 6.12. The summed E-state index contributed by atoms with van der Waals surface area (Å²) in [5.41, 5.74) is 5.15. The lowest BCUT2D eigenvalue weighted by Crippen LogP contribution is -2.31. The predicted molar refractivity (Wildman–Crippen MR) is 145 cm³/mol. The van der Waals surface area contributed by atoms with E-state index < -0.39 is 0 Å². The van der Waals surface area contributed by atoms with E-state index in [0.29, 0.717) is 51.4 Å². The molecular formula is C31H30FN3O2. The summed E-state index contributed by atoms with van der Waals surface area (Å²) in [5.74, 6) is 0.389. The van der Waals surface area contributed by atoms with Crippen molar-refractivity contribution in [2.24, 2.45) is 5.92 Å². The minimum absolute atomic E-state index is 0.148. The van der Waals surface area contributed by atoms with E-state index in [2.05, 4.69) is 24.9 Å². The van der Waals surface area contributed by atoms with E-state index in [1.165, 1.54) is 12.1 Å². The molecule has 0 saturated heterocycles. The summed E-state index contributed by atoms with van der Waals surface area (Å²) in [6.45, 7) is 6.63. The monoisotopic (exact) mass is 495 g/mol. The van der Waals surface area contributed by atoms with Crippen molar-refractivity contribution < 1.29 is 13.9 Å². The molecule has 0 fully saturated rings. The van der Waals surface area contributed by atoms with Crippen LogP contribution in [0.25, 0.3) is 33.2 Å². The molecule has 3 aromatic carbocycles. The van der Waals surface area contributed by atoms with Gasteiger partial charge in [-0.1, -0.05) is 32.4 Å². The fourth-order valence-corrected chi connectivity index (χ4v) is 4.53. The lowest BCUT2D eigenvalue weighted by Gasteiger charge is -2.23. The van der Waals surface area contributed by atoms with Crippen molar-refractivity contribution in [3.63, 3.8) is 0 Å². The normalized spacial score (nSPS) is 11.7. The number of rotatable bonds is 7. The molecule has 1 aromatic heterocycles. The molecule has 0 aliphatic rings. The highest BCUT2D eigenvalue weighted by Crippen LogP contribution is 2.34. The molecule has 0 radical (unpaired) electrons. The molecule has 1 amide bonds. The van der Waals surface area contributed by atoms with Gasteiger partial charge in [0.2, 0.25) is 0 Å². The van der Waals surface area contributed by atoms with Gasteiger partial charge in [-0.3, -0.25) is 9.78 Å². The van der Waals surface area contributed by atoms with Gasteiger partial charge in [-0.05, 0) is 77.6 Å². The molecule has 1 atom stereocenters. The highest BCUT2D eigenvalue weighted by Gasteiger charge is 2.23. The zero-order chi connectivity index (χ0) is 26.7. The number of aromatic nitrogens is 1. The first kappa shape index (κ1) is 25.8. The maximum atomic E-state index is 14.4. The van der Waals surface area contributed by atoms with Crippen LogP contribution in [-0.2, 0) is 0 Å². The Morgan fingerprint density at radius 3 is 2.57 bits per heavy atom. The Morgan fingerprint density at radius 1 is 1.11 bits per heavy atom. The third kappa shape index (κ3) is 5.46. The van der Waals surface area contributed by atoms with E-state index in [-0.39, 0.29) is 11.7 Å².